The standard InChI is InChI=1S/C91H128N18O14.C18H20O5S/c1-12-65(81(117)107-72(51-60-29-17-13-18-30-60)87(123)106-71(50-57(4)5)85(121)103-66(80(116)100-55-77(113)114)38-27-47-98-88(93)95-10)101-82(118)68(39-28-48-99-89(94)96-11)105-86(122)73(52-61-42-40-58(6)41-43-61)108-83(119)67(37-25-26-46-97-70(49-56(2)3)78-74(110)53-90(8,9)54-75(78)111)104-84(120)69(102-79(115)59(7)92)44-45-76(112)109-91(62-31-19-14-20-32-62,63-33-21-15-22-34-63)64-35-23-16-24-36-64;1-20-13-7-5-12(6-8-13)11-24-16-9-15(21-2)18(23-4)17(22-3)14(16)10-19/h13-24,29-36,40-43,56-57,59,65-69,71-73,97H,12,25-28,37-39,44-55,92H2,1-11H3,(H,100,116)(H,101,118)(H,102,115)(H,103,121)(H,104,120)(H,105,122)(H,106,123)(H,107,117)(H,108,119)(H,109,112)(H,113,114)(H3,93,95,98)(H3,94,96,99);5-10H,11H2,1-4H3/t59?,65-,66?,67-,68?,69-,71-,72-,73-;/m0./s1. The Hall–Kier alpha value is -14.7. The molecule has 7 aromatic carbocycles. The lowest BCUT2D eigenvalue weighted by atomic mass is 9.73. The van der Waals surface area contributed by atoms with Gasteiger partial charge in [-0.1, -0.05) is 212 Å². The van der Waals surface area contributed by atoms with Crippen molar-refractivity contribution in [2.75, 3.05) is 68.7 Å². The molecule has 0 aromatic heterocycles. The van der Waals surface area contributed by atoms with Gasteiger partial charge in [-0.2, -0.15) is 0 Å². The average molecular weight is 2050 g/mol. The van der Waals surface area contributed by atoms with E-state index in [1.807, 2.05) is 150 Å². The number of carboxylic acid groups (broad SMARTS) is 1. The molecule has 0 heterocycles. The van der Waals surface area contributed by atoms with E-state index in [1.54, 1.807) is 103 Å². The fourth-order valence-electron chi connectivity index (χ4n) is 16.7. The Kier molecular flexibility index (Phi) is 49.4. The first-order chi connectivity index (χ1) is 70.2. The Balaban J connectivity index is 0.00000106. The van der Waals surface area contributed by atoms with Crippen molar-refractivity contribution in [3.63, 3.8) is 0 Å². The minimum absolute atomic E-state index is 0.00193. The van der Waals surface area contributed by atoms with Crippen LogP contribution in [0.2, 0.25) is 0 Å². The van der Waals surface area contributed by atoms with Crippen LogP contribution in [0.5, 0.6) is 23.0 Å². The molecule has 0 bridgehead atoms. The molecule has 0 aliphatic heterocycles. The molecule has 3 unspecified atom stereocenters. The number of ether oxygens (including phenoxy) is 4. The third-order valence-corrected chi connectivity index (χ3v) is 25.5. The molecule has 1 aliphatic carbocycles. The second-order valence-electron chi connectivity index (χ2n) is 37.7. The number of thioether (sulfide) groups is 1. The second-order valence-corrected chi connectivity index (χ2v) is 38.7. The predicted molar refractivity (Wildman–Crippen MR) is 565 cm³/mol. The summed E-state index contributed by atoms with van der Waals surface area (Å²) in [6.07, 6.45) is 1.23. The van der Waals surface area contributed by atoms with Gasteiger partial charge in [0, 0.05) is 82.2 Å². The summed E-state index contributed by atoms with van der Waals surface area (Å²) >= 11 is 1.53. The number of benzene rings is 7. The number of unbranched alkanes of at least 4 members (excludes halogenated alkanes) is 1. The Morgan fingerprint density at radius 2 is 0.891 bits per heavy atom. The average Bonchev–Trinajstić information content (AvgIpc) is 0.750. The number of guanidine groups is 2. The number of aryl methyl sites for hydroxylation is 1. The summed E-state index contributed by atoms with van der Waals surface area (Å²) in [4.78, 5) is 199. The summed E-state index contributed by atoms with van der Waals surface area (Å²) in [5.74, 6) is -7.25. The molecular formula is C109H148N18O19S. The van der Waals surface area contributed by atoms with Gasteiger partial charge in [-0.05, 0) is 153 Å². The van der Waals surface area contributed by atoms with E-state index in [4.69, 9.17) is 35.5 Å². The molecule has 38 heteroatoms. The Morgan fingerprint density at radius 1 is 0.476 bits per heavy atom. The predicted octanol–water partition coefficient (Wildman–Crippen LogP) is 8.44. The maximum atomic E-state index is 15.6. The molecule has 0 radical (unpaired) electrons. The van der Waals surface area contributed by atoms with Crippen molar-refractivity contribution in [1.82, 2.24) is 79.8 Å². The lowest BCUT2D eigenvalue weighted by Gasteiger charge is -2.37. The lowest BCUT2D eigenvalue weighted by molar-refractivity contribution is -0.138. The second kappa shape index (κ2) is 60.9. The summed E-state index contributed by atoms with van der Waals surface area (Å²) in [6, 6.07) is 41.0. The zero-order chi connectivity index (χ0) is 108. The van der Waals surface area contributed by atoms with E-state index >= 15 is 19.2 Å². The molecule has 1 aliphatic rings. The normalized spacial score (nSPS) is 13.9. The maximum Gasteiger partial charge on any atom is 0.322 e. The molecule has 9 atom stereocenters. The number of hydrogen-bond donors (Lipinski definition) is 19. The Morgan fingerprint density at radius 3 is 1.33 bits per heavy atom. The number of rotatable bonds is 57. The molecule has 1 fully saturated rings. The molecule has 1 saturated carbocycles. The van der Waals surface area contributed by atoms with Crippen molar-refractivity contribution in [3.8, 4) is 23.0 Å². The van der Waals surface area contributed by atoms with Gasteiger partial charge in [0.05, 0.1) is 45.6 Å². The number of carboxylic acids is 1. The minimum Gasteiger partial charge on any atom is -0.497 e. The molecule has 20 N–H and O–H groups in total. The van der Waals surface area contributed by atoms with E-state index in [-0.39, 0.29) is 150 Å². The highest BCUT2D eigenvalue weighted by Gasteiger charge is 2.42. The van der Waals surface area contributed by atoms with Gasteiger partial charge in [-0.15, -0.1) is 11.8 Å². The summed E-state index contributed by atoms with van der Waals surface area (Å²) in [5.41, 5.74) is 10.8. The van der Waals surface area contributed by atoms with Crippen molar-refractivity contribution in [2.45, 2.75) is 236 Å². The van der Waals surface area contributed by atoms with Crippen molar-refractivity contribution in [2.24, 2.45) is 23.0 Å². The van der Waals surface area contributed by atoms with Crippen molar-refractivity contribution in [1.29, 1.82) is 10.8 Å². The number of amides is 10. The number of hydrogen-bond acceptors (Lipinski definition) is 23. The van der Waals surface area contributed by atoms with Crippen LogP contribution in [0.15, 0.2) is 192 Å². The lowest BCUT2D eigenvalue weighted by Crippen LogP contribution is -2.61. The quantitative estimate of drug-likeness (QED) is 0.00248. The SMILES string of the molecule is CC[C@H](NC(=O)C(CCCNC(=N)NC)NC(=O)[C@H](Cc1ccc(C)cc1)NC(=O)[C@H](CCCCNC(CC(C)C)=C1C(=O)CC(C)(C)CC1=O)NC(=O)[C@H](CCC(=O)NC(c1ccccc1)(c1ccccc1)c1ccccc1)NC(=O)C(C)N)C(=O)N[C@@H](Cc1ccccc1)C(=O)N[C@@H](CC(C)C)C(=O)NC(CCCNC(=N)NC)C(=O)NCC(=O)O.COc1ccc(CSc2cc(OC)c(OC)c(OC)c2C=O)cc1. The molecule has 794 valence electrons. The van der Waals surface area contributed by atoms with E-state index < -0.39 is 137 Å². The van der Waals surface area contributed by atoms with Gasteiger partial charge in [0.15, 0.2) is 41.3 Å². The number of nitrogens with two attached hydrogens (primary N) is 1. The van der Waals surface area contributed by atoms with Gasteiger partial charge in [0.2, 0.25) is 64.8 Å². The number of aldehydes is 1. The topological polar surface area (TPSA) is 550 Å². The van der Waals surface area contributed by atoms with E-state index in [1.165, 1.54) is 40.0 Å². The Bertz CT molecular complexity index is 5470. The van der Waals surface area contributed by atoms with Crippen LogP contribution in [0.1, 0.15) is 195 Å². The number of nitrogens with one attached hydrogen (secondary N) is 17. The molecule has 0 saturated heterocycles. The highest BCUT2D eigenvalue weighted by molar-refractivity contribution is 7.98. The van der Waals surface area contributed by atoms with Crippen molar-refractivity contribution >= 4 is 107 Å². The van der Waals surface area contributed by atoms with Gasteiger partial charge in [0.25, 0.3) is 0 Å². The number of carbonyl (C=O) groups excluding carboxylic acids is 13. The molecule has 37 nitrogen and oxygen atoms in total. The number of ketones is 2. The zero-order valence-corrected chi connectivity index (χ0v) is 87.6. The molecule has 8 rings (SSSR count). The minimum atomic E-state index is -1.52. The van der Waals surface area contributed by atoms with Crippen LogP contribution < -0.4 is 104 Å². The van der Waals surface area contributed by atoms with E-state index in [2.05, 4.69) is 79.8 Å². The summed E-state index contributed by atoms with van der Waals surface area (Å²) < 4.78 is 21.2. The van der Waals surface area contributed by atoms with Gasteiger partial charge >= 0.3 is 5.97 Å². The first kappa shape index (κ1) is 119. The maximum absolute atomic E-state index is 15.6. The van der Waals surface area contributed by atoms with Crippen LogP contribution in [0.25, 0.3) is 0 Å². The number of aliphatic carboxylic acids is 1. The number of Topliss-reactive ketones (excluding diaryl/α,β-unsaturated/α-hetero) is 2. The van der Waals surface area contributed by atoms with Crippen LogP contribution in [0, 0.1) is 35.0 Å². The van der Waals surface area contributed by atoms with Crippen LogP contribution in [-0.4, -0.2) is 223 Å². The van der Waals surface area contributed by atoms with Gasteiger partial charge in [-0.25, -0.2) is 0 Å². The molecule has 7 aromatic rings. The summed E-state index contributed by atoms with van der Waals surface area (Å²) in [5, 5.41) is 67.7. The third kappa shape index (κ3) is 38.3. The van der Waals surface area contributed by atoms with Crippen LogP contribution in [-0.2, 0) is 86.5 Å². The largest absolute Gasteiger partial charge is 0.497 e. The molecular weight excluding hydrogens is 1900 g/mol. The van der Waals surface area contributed by atoms with E-state index in [0.717, 1.165) is 44.7 Å². The summed E-state index contributed by atoms with van der Waals surface area (Å²) in [7, 11) is 9.28. The fraction of sp³-hybridized carbons (Fsp3) is 0.450. The van der Waals surface area contributed by atoms with E-state index in [0.29, 0.717) is 58.2 Å². The number of carbonyl (C=O) groups is 14. The molecule has 147 heavy (non-hydrogen) atoms. The first-order valence-corrected chi connectivity index (χ1v) is 50.6. The van der Waals surface area contributed by atoms with Crippen LogP contribution in [0.4, 0.5) is 0 Å². The zero-order valence-electron chi connectivity index (χ0n) is 86.8. The smallest absolute Gasteiger partial charge is 0.322 e. The number of allylic oxidation sites excluding steroid dienone is 2. The van der Waals surface area contributed by atoms with Gasteiger partial charge < -0.3 is 110 Å². The molecule has 0 spiro atoms. The van der Waals surface area contributed by atoms with E-state index in [9.17, 15) is 53.1 Å². The van der Waals surface area contributed by atoms with Gasteiger partial charge in [-0.3, -0.25) is 77.9 Å². The van der Waals surface area contributed by atoms with Gasteiger partial charge in [0.1, 0.15) is 66.2 Å². The molecule has 10 amide bonds. The fourth-order valence-corrected chi connectivity index (χ4v) is 17.7. The first-order valence-electron chi connectivity index (χ1n) is 49.6. The highest BCUT2D eigenvalue weighted by Crippen LogP contribution is 2.45. The van der Waals surface area contributed by atoms with Crippen molar-refractivity contribution in [3.05, 3.63) is 232 Å². The Labute approximate surface area is 865 Å². The summed E-state index contributed by atoms with van der Waals surface area (Å²) in [6.45, 7) is 16.0. The van der Waals surface area contributed by atoms with Crippen LogP contribution >= 0.6 is 11.8 Å². The highest BCUT2D eigenvalue weighted by atomic mass is 32.2. The third-order valence-electron chi connectivity index (χ3n) is 24.4. The van der Waals surface area contributed by atoms with Crippen molar-refractivity contribution < 1.29 is 91.2 Å². The monoisotopic (exact) mass is 2050 g/mol. The number of methoxy groups -OCH3 is 4. The van der Waals surface area contributed by atoms with Crippen LogP contribution in [0.3, 0.4) is 0 Å².